The van der Waals surface area contributed by atoms with Crippen molar-refractivity contribution >= 4 is 21.6 Å². The van der Waals surface area contributed by atoms with Crippen molar-refractivity contribution in [2.75, 3.05) is 31.6 Å². The minimum Gasteiger partial charge on any atom is -0.494 e. The van der Waals surface area contributed by atoms with Crippen LogP contribution in [0.3, 0.4) is 0 Å². The Morgan fingerprint density at radius 2 is 1.76 bits per heavy atom. The lowest BCUT2D eigenvalue weighted by Crippen LogP contribution is -2.27. The molecule has 1 N–H and O–H groups in total. The van der Waals surface area contributed by atoms with Gasteiger partial charge in [0.05, 0.1) is 11.5 Å². The Kier molecular flexibility index (Phi) is 6.76. The van der Waals surface area contributed by atoms with Gasteiger partial charge in [0, 0.05) is 18.8 Å². The van der Waals surface area contributed by atoms with E-state index in [4.69, 9.17) is 9.47 Å². The van der Waals surface area contributed by atoms with Crippen LogP contribution in [0.1, 0.15) is 25.3 Å². The van der Waals surface area contributed by atoms with Crippen LogP contribution in [0.25, 0.3) is 0 Å². The van der Waals surface area contributed by atoms with Gasteiger partial charge in [-0.25, -0.2) is 8.42 Å². The maximum atomic E-state index is 12.6. The van der Waals surface area contributed by atoms with Gasteiger partial charge < -0.3 is 14.8 Å². The number of carbonyl (C=O) groups is 1. The van der Waals surface area contributed by atoms with E-state index in [2.05, 4.69) is 5.32 Å². The van der Waals surface area contributed by atoms with Crippen molar-refractivity contribution in [3.8, 4) is 11.5 Å². The predicted molar refractivity (Wildman–Crippen MR) is 111 cm³/mol. The highest BCUT2D eigenvalue weighted by Crippen LogP contribution is 2.26. The summed E-state index contributed by atoms with van der Waals surface area (Å²) in [6.07, 6.45) is 1.78. The molecular formula is C21H26N2O5S. The zero-order valence-electron chi connectivity index (χ0n) is 16.7. The van der Waals surface area contributed by atoms with Crippen LogP contribution in [-0.2, 0) is 14.8 Å². The van der Waals surface area contributed by atoms with Crippen LogP contribution in [-0.4, -0.2) is 44.9 Å². The first kappa shape index (κ1) is 21.1. The SMILES string of the molecule is CCOc1ccc(NC(=O)COc2ccc(S(=O)(=O)N3CCCC3)cc2C)cc1. The summed E-state index contributed by atoms with van der Waals surface area (Å²) in [5, 5.41) is 2.75. The monoisotopic (exact) mass is 418 g/mol. The molecular weight excluding hydrogens is 392 g/mol. The highest BCUT2D eigenvalue weighted by molar-refractivity contribution is 7.89. The maximum absolute atomic E-state index is 12.6. The summed E-state index contributed by atoms with van der Waals surface area (Å²) in [4.78, 5) is 12.4. The molecule has 1 aliphatic rings. The van der Waals surface area contributed by atoms with Crippen molar-refractivity contribution in [2.24, 2.45) is 0 Å². The number of rotatable bonds is 8. The smallest absolute Gasteiger partial charge is 0.262 e. The number of benzene rings is 2. The second kappa shape index (κ2) is 9.28. The molecule has 1 fully saturated rings. The summed E-state index contributed by atoms with van der Waals surface area (Å²) in [5.41, 5.74) is 1.31. The molecule has 0 aromatic heterocycles. The number of carbonyl (C=O) groups excluding carboxylic acids is 1. The van der Waals surface area contributed by atoms with Crippen molar-refractivity contribution in [3.63, 3.8) is 0 Å². The van der Waals surface area contributed by atoms with Crippen molar-refractivity contribution in [3.05, 3.63) is 48.0 Å². The molecule has 156 valence electrons. The quantitative estimate of drug-likeness (QED) is 0.712. The summed E-state index contributed by atoms with van der Waals surface area (Å²) >= 11 is 0. The molecule has 8 heteroatoms. The Morgan fingerprint density at radius 1 is 1.07 bits per heavy atom. The molecule has 3 rings (SSSR count). The van der Waals surface area contributed by atoms with Gasteiger partial charge in [0.2, 0.25) is 10.0 Å². The summed E-state index contributed by atoms with van der Waals surface area (Å²) < 4.78 is 37.7. The third-order valence-corrected chi connectivity index (χ3v) is 6.55. The second-order valence-electron chi connectivity index (χ2n) is 6.83. The summed E-state index contributed by atoms with van der Waals surface area (Å²) in [7, 11) is -3.47. The topological polar surface area (TPSA) is 84.9 Å². The van der Waals surface area contributed by atoms with E-state index >= 15 is 0 Å². The molecule has 1 amide bonds. The number of amides is 1. The van der Waals surface area contributed by atoms with Gasteiger partial charge in [-0.05, 0) is 74.7 Å². The van der Waals surface area contributed by atoms with Gasteiger partial charge >= 0.3 is 0 Å². The number of anilines is 1. The Hall–Kier alpha value is -2.58. The molecule has 2 aromatic rings. The van der Waals surface area contributed by atoms with E-state index in [1.807, 2.05) is 6.92 Å². The third-order valence-electron chi connectivity index (χ3n) is 4.66. The van der Waals surface area contributed by atoms with Crippen LogP contribution >= 0.6 is 0 Å². The van der Waals surface area contributed by atoms with Gasteiger partial charge in [-0.3, -0.25) is 4.79 Å². The molecule has 0 bridgehead atoms. The van der Waals surface area contributed by atoms with Gasteiger partial charge in [0.1, 0.15) is 11.5 Å². The normalized spacial score (nSPS) is 14.6. The maximum Gasteiger partial charge on any atom is 0.262 e. The van der Waals surface area contributed by atoms with Gasteiger partial charge in [-0.1, -0.05) is 0 Å². The largest absolute Gasteiger partial charge is 0.494 e. The molecule has 0 radical (unpaired) electrons. The lowest BCUT2D eigenvalue weighted by atomic mass is 10.2. The zero-order valence-corrected chi connectivity index (χ0v) is 17.5. The van der Waals surface area contributed by atoms with Crippen LogP contribution in [0.5, 0.6) is 11.5 Å². The van der Waals surface area contributed by atoms with E-state index in [0.717, 1.165) is 18.6 Å². The van der Waals surface area contributed by atoms with Crippen molar-refractivity contribution in [1.29, 1.82) is 0 Å². The van der Waals surface area contributed by atoms with E-state index in [1.54, 1.807) is 43.3 Å². The first-order valence-corrected chi connectivity index (χ1v) is 11.1. The minimum absolute atomic E-state index is 0.174. The van der Waals surface area contributed by atoms with Crippen LogP contribution in [0, 0.1) is 6.92 Å². The molecule has 2 aromatic carbocycles. The number of hydrogen-bond acceptors (Lipinski definition) is 5. The van der Waals surface area contributed by atoms with E-state index in [-0.39, 0.29) is 17.4 Å². The third kappa shape index (κ3) is 5.27. The van der Waals surface area contributed by atoms with Crippen LogP contribution in [0.2, 0.25) is 0 Å². The summed E-state index contributed by atoms with van der Waals surface area (Å²) in [5.74, 6) is 0.913. The number of nitrogens with one attached hydrogen (secondary N) is 1. The number of ether oxygens (including phenoxy) is 2. The van der Waals surface area contributed by atoms with Crippen molar-refractivity contribution in [2.45, 2.75) is 31.6 Å². The highest BCUT2D eigenvalue weighted by Gasteiger charge is 2.27. The van der Waals surface area contributed by atoms with E-state index in [9.17, 15) is 13.2 Å². The Morgan fingerprint density at radius 3 is 2.38 bits per heavy atom. The van der Waals surface area contributed by atoms with E-state index < -0.39 is 10.0 Å². The van der Waals surface area contributed by atoms with E-state index in [0.29, 0.717) is 36.7 Å². The highest BCUT2D eigenvalue weighted by atomic mass is 32.2. The van der Waals surface area contributed by atoms with Crippen molar-refractivity contribution < 1.29 is 22.7 Å². The van der Waals surface area contributed by atoms with Gasteiger partial charge in [0.25, 0.3) is 5.91 Å². The Labute approximate surface area is 171 Å². The first-order valence-electron chi connectivity index (χ1n) is 9.66. The Bertz CT molecular complexity index is 952. The molecule has 1 saturated heterocycles. The average Bonchev–Trinajstić information content (AvgIpc) is 3.24. The van der Waals surface area contributed by atoms with Crippen molar-refractivity contribution in [1.82, 2.24) is 4.31 Å². The fourth-order valence-corrected chi connectivity index (χ4v) is 4.77. The zero-order chi connectivity index (χ0) is 20.9. The number of aryl methyl sites for hydroxylation is 1. The molecule has 7 nitrogen and oxygen atoms in total. The Balaban J connectivity index is 1.58. The lowest BCUT2D eigenvalue weighted by Gasteiger charge is -2.17. The second-order valence-corrected chi connectivity index (χ2v) is 8.77. The van der Waals surface area contributed by atoms with Crippen LogP contribution in [0.4, 0.5) is 5.69 Å². The first-order chi connectivity index (χ1) is 13.9. The molecule has 0 aliphatic carbocycles. The molecule has 0 unspecified atom stereocenters. The molecule has 1 aliphatic heterocycles. The van der Waals surface area contributed by atoms with Gasteiger partial charge in [-0.2, -0.15) is 4.31 Å². The minimum atomic E-state index is -3.47. The fourth-order valence-electron chi connectivity index (χ4n) is 3.16. The molecule has 29 heavy (non-hydrogen) atoms. The molecule has 1 heterocycles. The van der Waals surface area contributed by atoms with Crippen LogP contribution in [0.15, 0.2) is 47.4 Å². The molecule has 0 saturated carbocycles. The lowest BCUT2D eigenvalue weighted by molar-refractivity contribution is -0.118. The summed E-state index contributed by atoms with van der Waals surface area (Å²) in [6.45, 7) is 5.20. The number of sulfonamides is 1. The van der Waals surface area contributed by atoms with E-state index in [1.165, 1.54) is 10.4 Å². The average molecular weight is 419 g/mol. The predicted octanol–water partition coefficient (Wildman–Crippen LogP) is 3.20. The molecule has 0 spiro atoms. The standard InChI is InChI=1S/C21H26N2O5S/c1-3-27-18-8-6-17(7-9-18)22-21(24)15-28-20-11-10-19(14-16(20)2)29(25,26)23-12-4-5-13-23/h6-11,14H,3-5,12-13,15H2,1-2H3,(H,22,24). The summed E-state index contributed by atoms with van der Waals surface area (Å²) in [6, 6.07) is 11.8. The van der Waals surface area contributed by atoms with Gasteiger partial charge in [0.15, 0.2) is 6.61 Å². The number of nitrogens with zero attached hydrogens (tertiary/aromatic N) is 1. The van der Waals surface area contributed by atoms with Crippen LogP contribution < -0.4 is 14.8 Å². The van der Waals surface area contributed by atoms with Gasteiger partial charge in [-0.15, -0.1) is 0 Å². The molecule has 0 atom stereocenters. The fraction of sp³-hybridized carbons (Fsp3) is 0.381. The number of hydrogen-bond donors (Lipinski definition) is 1.